The van der Waals surface area contributed by atoms with Crippen LogP contribution in [-0.2, 0) is 11.9 Å². The third-order valence-corrected chi connectivity index (χ3v) is 2.69. The van der Waals surface area contributed by atoms with Crippen LogP contribution in [0.25, 0.3) is 10.9 Å². The highest BCUT2D eigenvalue weighted by atomic mass is 16.7. The van der Waals surface area contributed by atoms with Gasteiger partial charge in [-0.1, -0.05) is 12.1 Å². The number of hydroxylamine groups is 2. The van der Waals surface area contributed by atoms with Crippen LogP contribution in [0.1, 0.15) is 10.4 Å². The number of fused-ring (bicyclic) bond motifs is 1. The van der Waals surface area contributed by atoms with Gasteiger partial charge in [0.2, 0.25) is 0 Å². The van der Waals surface area contributed by atoms with Gasteiger partial charge in [-0.25, -0.2) is 5.06 Å². The van der Waals surface area contributed by atoms with Crippen LogP contribution >= 0.6 is 0 Å². The first-order chi connectivity index (χ1) is 7.65. The molecule has 0 aliphatic carbocycles. The predicted molar refractivity (Wildman–Crippen MR) is 62.0 cm³/mol. The molecule has 0 atom stereocenters. The van der Waals surface area contributed by atoms with Gasteiger partial charge in [0.05, 0.1) is 18.2 Å². The standard InChI is InChI=1S/C12H14N2O2/c1-13-8-7-9-5-4-6-10(11(9)13)12(15)14(2)16-3/h4-8H,1-3H3. The quantitative estimate of drug-likeness (QED) is 0.720. The van der Waals surface area contributed by atoms with Gasteiger partial charge in [0.25, 0.3) is 5.91 Å². The lowest BCUT2D eigenvalue weighted by atomic mass is 10.1. The van der Waals surface area contributed by atoms with Crippen LogP contribution in [0.4, 0.5) is 0 Å². The van der Waals surface area contributed by atoms with Crippen molar-refractivity contribution in [1.29, 1.82) is 0 Å². The fourth-order valence-electron chi connectivity index (χ4n) is 1.78. The van der Waals surface area contributed by atoms with Crippen molar-refractivity contribution in [1.82, 2.24) is 9.63 Å². The van der Waals surface area contributed by atoms with Crippen molar-refractivity contribution >= 4 is 16.8 Å². The second-order valence-electron chi connectivity index (χ2n) is 3.66. The van der Waals surface area contributed by atoms with E-state index in [0.29, 0.717) is 5.56 Å². The van der Waals surface area contributed by atoms with Crippen molar-refractivity contribution in [2.24, 2.45) is 7.05 Å². The Balaban J connectivity index is 2.60. The van der Waals surface area contributed by atoms with Gasteiger partial charge >= 0.3 is 0 Å². The Hall–Kier alpha value is -1.81. The molecule has 4 heteroatoms. The molecule has 2 rings (SSSR count). The van der Waals surface area contributed by atoms with Gasteiger partial charge in [-0.2, -0.15) is 0 Å². The molecule has 0 radical (unpaired) electrons. The van der Waals surface area contributed by atoms with Crippen LogP contribution < -0.4 is 0 Å². The molecule has 1 heterocycles. The molecule has 1 aromatic carbocycles. The number of nitrogens with zero attached hydrogens (tertiary/aromatic N) is 2. The lowest BCUT2D eigenvalue weighted by Crippen LogP contribution is -2.25. The predicted octanol–water partition coefficient (Wildman–Crippen LogP) is 1.81. The average Bonchev–Trinajstić information content (AvgIpc) is 2.69. The van der Waals surface area contributed by atoms with Crippen molar-refractivity contribution in [3.63, 3.8) is 0 Å². The fraction of sp³-hybridized carbons (Fsp3) is 0.250. The molecule has 0 saturated carbocycles. The summed E-state index contributed by atoms with van der Waals surface area (Å²) in [6.45, 7) is 0. The van der Waals surface area contributed by atoms with Gasteiger partial charge in [0.1, 0.15) is 0 Å². The van der Waals surface area contributed by atoms with Gasteiger partial charge in [0, 0.05) is 25.7 Å². The van der Waals surface area contributed by atoms with E-state index in [2.05, 4.69) is 0 Å². The average molecular weight is 218 g/mol. The first-order valence-corrected chi connectivity index (χ1v) is 5.01. The first kappa shape index (κ1) is 10.7. The van der Waals surface area contributed by atoms with E-state index in [1.165, 1.54) is 12.2 Å². The molecule has 0 unspecified atom stereocenters. The minimum atomic E-state index is -0.144. The molecule has 0 N–H and O–H groups in total. The summed E-state index contributed by atoms with van der Waals surface area (Å²) in [6.07, 6.45) is 1.94. The summed E-state index contributed by atoms with van der Waals surface area (Å²) < 4.78 is 1.94. The molecular weight excluding hydrogens is 204 g/mol. The van der Waals surface area contributed by atoms with Crippen LogP contribution in [0.3, 0.4) is 0 Å². The zero-order valence-corrected chi connectivity index (χ0v) is 9.60. The maximum Gasteiger partial charge on any atom is 0.279 e. The summed E-state index contributed by atoms with van der Waals surface area (Å²) in [5.74, 6) is -0.144. The van der Waals surface area contributed by atoms with E-state index >= 15 is 0 Å². The number of aryl methyl sites for hydroxylation is 1. The monoisotopic (exact) mass is 218 g/mol. The van der Waals surface area contributed by atoms with Gasteiger partial charge in [-0.3, -0.25) is 9.63 Å². The third-order valence-electron chi connectivity index (χ3n) is 2.69. The van der Waals surface area contributed by atoms with Crippen molar-refractivity contribution in [2.45, 2.75) is 0 Å². The molecule has 2 aromatic rings. The number of aromatic nitrogens is 1. The SMILES string of the molecule is CON(C)C(=O)c1cccc2ccn(C)c12. The molecular formula is C12H14N2O2. The lowest BCUT2D eigenvalue weighted by Gasteiger charge is -2.14. The third kappa shape index (κ3) is 1.57. The highest BCUT2D eigenvalue weighted by Crippen LogP contribution is 2.20. The molecule has 0 spiro atoms. The molecule has 4 nitrogen and oxygen atoms in total. The second-order valence-corrected chi connectivity index (χ2v) is 3.66. The van der Waals surface area contributed by atoms with E-state index in [9.17, 15) is 4.79 Å². The van der Waals surface area contributed by atoms with Crippen LogP contribution in [0.5, 0.6) is 0 Å². The van der Waals surface area contributed by atoms with Gasteiger partial charge in [-0.05, 0) is 12.1 Å². The fourth-order valence-corrected chi connectivity index (χ4v) is 1.78. The van der Waals surface area contributed by atoms with Crippen molar-refractivity contribution in [3.8, 4) is 0 Å². The van der Waals surface area contributed by atoms with Crippen molar-refractivity contribution < 1.29 is 9.63 Å². The normalized spacial score (nSPS) is 10.7. The molecule has 84 valence electrons. The summed E-state index contributed by atoms with van der Waals surface area (Å²) >= 11 is 0. The molecule has 16 heavy (non-hydrogen) atoms. The van der Waals surface area contributed by atoms with Crippen LogP contribution in [0.2, 0.25) is 0 Å². The summed E-state index contributed by atoms with van der Waals surface area (Å²) in [7, 11) is 5.00. The molecule has 1 amide bonds. The van der Waals surface area contributed by atoms with E-state index in [1.54, 1.807) is 13.1 Å². The number of benzene rings is 1. The van der Waals surface area contributed by atoms with Crippen LogP contribution in [-0.4, -0.2) is 29.7 Å². The summed E-state index contributed by atoms with van der Waals surface area (Å²) in [6, 6.07) is 7.65. The zero-order chi connectivity index (χ0) is 11.7. The number of hydrogen-bond donors (Lipinski definition) is 0. The number of hydrogen-bond acceptors (Lipinski definition) is 2. The Bertz CT molecular complexity index is 531. The van der Waals surface area contributed by atoms with Gasteiger partial charge < -0.3 is 4.57 Å². The van der Waals surface area contributed by atoms with E-state index in [4.69, 9.17) is 4.84 Å². The van der Waals surface area contributed by atoms with Crippen molar-refractivity contribution in [3.05, 3.63) is 36.0 Å². The number of carbonyl (C=O) groups excluding carboxylic acids is 1. The lowest BCUT2D eigenvalue weighted by molar-refractivity contribution is -0.0755. The van der Waals surface area contributed by atoms with E-state index in [-0.39, 0.29) is 5.91 Å². The molecule has 1 aromatic heterocycles. The Morgan fingerprint density at radius 2 is 2.12 bits per heavy atom. The van der Waals surface area contributed by atoms with Crippen LogP contribution in [0.15, 0.2) is 30.5 Å². The highest BCUT2D eigenvalue weighted by Gasteiger charge is 2.15. The maximum absolute atomic E-state index is 12.0. The number of amides is 1. The van der Waals surface area contributed by atoms with E-state index < -0.39 is 0 Å². The summed E-state index contributed by atoms with van der Waals surface area (Å²) in [5.41, 5.74) is 1.57. The Morgan fingerprint density at radius 3 is 2.81 bits per heavy atom. The van der Waals surface area contributed by atoms with E-state index in [0.717, 1.165) is 10.9 Å². The number of rotatable bonds is 2. The zero-order valence-electron chi connectivity index (χ0n) is 9.60. The number of carbonyl (C=O) groups is 1. The topological polar surface area (TPSA) is 34.5 Å². The smallest absolute Gasteiger partial charge is 0.279 e. The number of para-hydroxylation sites is 1. The van der Waals surface area contributed by atoms with E-state index in [1.807, 2.05) is 36.0 Å². The van der Waals surface area contributed by atoms with Gasteiger partial charge in [-0.15, -0.1) is 0 Å². The molecule has 0 fully saturated rings. The summed E-state index contributed by atoms with van der Waals surface area (Å²) in [4.78, 5) is 16.9. The molecule has 0 aliphatic rings. The first-order valence-electron chi connectivity index (χ1n) is 5.01. The molecule has 0 aliphatic heterocycles. The molecule has 0 saturated heterocycles. The Morgan fingerprint density at radius 1 is 1.38 bits per heavy atom. The van der Waals surface area contributed by atoms with Crippen LogP contribution in [0, 0.1) is 0 Å². The summed E-state index contributed by atoms with van der Waals surface area (Å²) in [5, 5.41) is 2.28. The molecule has 0 bridgehead atoms. The highest BCUT2D eigenvalue weighted by molar-refractivity contribution is 6.05. The second kappa shape index (κ2) is 3.98. The van der Waals surface area contributed by atoms with Crippen molar-refractivity contribution in [2.75, 3.05) is 14.2 Å². The minimum absolute atomic E-state index is 0.144. The minimum Gasteiger partial charge on any atom is -0.350 e. The Kier molecular flexibility index (Phi) is 2.66. The Labute approximate surface area is 94.0 Å². The maximum atomic E-state index is 12.0. The largest absolute Gasteiger partial charge is 0.350 e. The van der Waals surface area contributed by atoms with Gasteiger partial charge in [0.15, 0.2) is 0 Å².